The highest BCUT2D eigenvalue weighted by Gasteiger charge is 2.17. The highest BCUT2D eigenvalue weighted by Crippen LogP contribution is 2.28. The Hall–Kier alpha value is -3.58. The summed E-state index contributed by atoms with van der Waals surface area (Å²) in [6, 6.07) is 19.6. The Morgan fingerprint density at radius 2 is 1.94 bits per heavy atom. The molecule has 1 aliphatic rings. The number of carbonyl (C=O) groups excluding carboxylic acids is 1. The number of rotatable bonds is 5. The minimum Gasteiger partial charge on any atom is -0.439 e. The van der Waals surface area contributed by atoms with Gasteiger partial charge in [-0.05, 0) is 47.7 Å². The number of amides is 2. The molecule has 4 aromatic rings. The van der Waals surface area contributed by atoms with Crippen molar-refractivity contribution < 1.29 is 9.21 Å². The smallest absolute Gasteiger partial charge is 0.319 e. The third kappa shape index (κ3) is 4.46. The van der Waals surface area contributed by atoms with Crippen LogP contribution in [0.5, 0.6) is 0 Å². The van der Waals surface area contributed by atoms with Gasteiger partial charge in [-0.1, -0.05) is 30.3 Å². The van der Waals surface area contributed by atoms with Crippen LogP contribution < -0.4 is 15.5 Å². The van der Waals surface area contributed by atoms with Crippen LogP contribution in [0.15, 0.2) is 76.7 Å². The zero-order valence-corrected chi connectivity index (χ0v) is 17.7. The molecule has 0 fully saturated rings. The summed E-state index contributed by atoms with van der Waals surface area (Å²) >= 11 is 1.84. The van der Waals surface area contributed by atoms with Gasteiger partial charge in [0.1, 0.15) is 0 Å². The summed E-state index contributed by atoms with van der Waals surface area (Å²) in [6.45, 7) is 2.17. The van der Waals surface area contributed by atoms with Crippen LogP contribution in [0.4, 0.5) is 16.2 Å². The number of anilines is 2. The van der Waals surface area contributed by atoms with Gasteiger partial charge in [-0.15, -0.1) is 11.3 Å². The molecule has 0 saturated carbocycles. The highest BCUT2D eigenvalue weighted by atomic mass is 32.1. The monoisotopic (exact) mass is 430 g/mol. The highest BCUT2D eigenvalue weighted by molar-refractivity contribution is 7.10. The van der Waals surface area contributed by atoms with Gasteiger partial charge < -0.3 is 20.0 Å². The van der Waals surface area contributed by atoms with Crippen LogP contribution in [0, 0.1) is 0 Å². The van der Waals surface area contributed by atoms with E-state index in [1.165, 1.54) is 10.4 Å². The first kappa shape index (κ1) is 19.4. The van der Waals surface area contributed by atoms with Gasteiger partial charge in [0.15, 0.2) is 5.76 Å². The average Bonchev–Trinajstić information content (AvgIpc) is 3.48. The van der Waals surface area contributed by atoms with Crippen LogP contribution in [0.1, 0.15) is 16.3 Å². The molecule has 156 valence electrons. The van der Waals surface area contributed by atoms with Crippen molar-refractivity contribution in [2.45, 2.75) is 19.5 Å². The summed E-state index contributed by atoms with van der Waals surface area (Å²) < 4.78 is 5.71. The van der Waals surface area contributed by atoms with Gasteiger partial charge >= 0.3 is 6.03 Å². The van der Waals surface area contributed by atoms with Gasteiger partial charge in [0.2, 0.25) is 5.89 Å². The standard InChI is InChI=1S/C24H22N4O2S/c29-24(26-15-23-25-14-21(30-23)17-4-2-1-3-5-17)27-19-6-8-20(9-7-19)28-12-10-22-18(16-28)11-13-31-22/h1-9,11,13-14H,10,12,15-16H2,(H2,26,27,29). The Bertz CT molecular complexity index is 1170. The largest absolute Gasteiger partial charge is 0.439 e. The summed E-state index contributed by atoms with van der Waals surface area (Å²) in [6.07, 6.45) is 2.75. The molecule has 5 rings (SSSR count). The number of benzene rings is 2. The molecule has 7 heteroatoms. The molecule has 31 heavy (non-hydrogen) atoms. The second-order valence-corrected chi connectivity index (χ2v) is 8.38. The van der Waals surface area contributed by atoms with Crippen molar-refractivity contribution in [3.63, 3.8) is 0 Å². The van der Waals surface area contributed by atoms with Crippen molar-refractivity contribution in [2.75, 3.05) is 16.8 Å². The SMILES string of the molecule is O=C(NCc1ncc(-c2ccccc2)o1)Nc1ccc(N2CCc3sccc3C2)cc1. The van der Waals surface area contributed by atoms with Crippen LogP contribution >= 0.6 is 11.3 Å². The third-order valence-corrected chi connectivity index (χ3v) is 6.33. The van der Waals surface area contributed by atoms with Gasteiger partial charge in [0.05, 0.1) is 12.7 Å². The molecule has 2 aromatic heterocycles. The molecule has 2 N–H and O–H groups in total. The molecule has 0 unspecified atom stereocenters. The predicted molar refractivity (Wildman–Crippen MR) is 123 cm³/mol. The molecule has 2 amide bonds. The van der Waals surface area contributed by atoms with Crippen LogP contribution in [0.2, 0.25) is 0 Å². The van der Waals surface area contributed by atoms with Crippen LogP contribution in [-0.2, 0) is 19.5 Å². The van der Waals surface area contributed by atoms with E-state index in [1.54, 1.807) is 6.20 Å². The molecule has 6 nitrogen and oxygen atoms in total. The first-order valence-electron chi connectivity index (χ1n) is 10.2. The lowest BCUT2D eigenvalue weighted by Gasteiger charge is -2.29. The van der Waals surface area contributed by atoms with Gasteiger partial charge in [-0.25, -0.2) is 9.78 Å². The Morgan fingerprint density at radius 3 is 2.77 bits per heavy atom. The molecule has 1 aliphatic heterocycles. The molecular weight excluding hydrogens is 408 g/mol. The number of carbonyl (C=O) groups is 1. The fourth-order valence-electron chi connectivity index (χ4n) is 3.68. The molecule has 0 spiro atoms. The topological polar surface area (TPSA) is 70.4 Å². The summed E-state index contributed by atoms with van der Waals surface area (Å²) in [7, 11) is 0. The van der Waals surface area contributed by atoms with Crippen LogP contribution in [-0.4, -0.2) is 17.6 Å². The average molecular weight is 431 g/mol. The minimum atomic E-state index is -0.298. The number of nitrogens with one attached hydrogen (secondary N) is 2. The van der Waals surface area contributed by atoms with E-state index >= 15 is 0 Å². The number of oxazole rings is 1. The second kappa shape index (κ2) is 8.65. The second-order valence-electron chi connectivity index (χ2n) is 7.38. The van der Waals surface area contributed by atoms with Crippen LogP contribution in [0.25, 0.3) is 11.3 Å². The number of hydrogen-bond donors (Lipinski definition) is 2. The van der Waals surface area contributed by atoms with Crippen molar-refractivity contribution in [3.8, 4) is 11.3 Å². The van der Waals surface area contributed by atoms with Gasteiger partial charge in [0, 0.05) is 34.9 Å². The molecule has 0 radical (unpaired) electrons. The summed E-state index contributed by atoms with van der Waals surface area (Å²) in [4.78, 5) is 20.3. The Morgan fingerprint density at radius 1 is 1.10 bits per heavy atom. The molecular formula is C24H22N4O2S. The van der Waals surface area contributed by atoms with Crippen molar-refractivity contribution in [1.29, 1.82) is 0 Å². The number of hydrogen-bond acceptors (Lipinski definition) is 5. The quantitative estimate of drug-likeness (QED) is 0.451. The molecule has 3 heterocycles. The van der Waals surface area contributed by atoms with Gasteiger partial charge in [0.25, 0.3) is 0 Å². The van der Waals surface area contributed by atoms with Crippen molar-refractivity contribution in [1.82, 2.24) is 10.3 Å². The molecule has 0 aliphatic carbocycles. The lowest BCUT2D eigenvalue weighted by atomic mass is 10.1. The molecule has 0 saturated heterocycles. The first-order chi connectivity index (χ1) is 15.2. The number of nitrogens with zero attached hydrogens (tertiary/aromatic N) is 2. The van der Waals surface area contributed by atoms with Crippen molar-refractivity contribution in [2.24, 2.45) is 0 Å². The van der Waals surface area contributed by atoms with E-state index in [-0.39, 0.29) is 12.6 Å². The number of urea groups is 1. The fourth-order valence-corrected chi connectivity index (χ4v) is 4.57. The van der Waals surface area contributed by atoms with E-state index in [2.05, 4.69) is 32.0 Å². The molecule has 2 aromatic carbocycles. The Kier molecular flexibility index (Phi) is 5.41. The van der Waals surface area contributed by atoms with E-state index < -0.39 is 0 Å². The van der Waals surface area contributed by atoms with E-state index in [9.17, 15) is 4.79 Å². The fraction of sp³-hybridized carbons (Fsp3) is 0.167. The van der Waals surface area contributed by atoms with Crippen molar-refractivity contribution in [3.05, 3.63) is 88.6 Å². The molecule has 0 atom stereocenters. The maximum Gasteiger partial charge on any atom is 0.319 e. The lowest BCUT2D eigenvalue weighted by molar-refractivity contribution is 0.250. The zero-order chi connectivity index (χ0) is 21.0. The summed E-state index contributed by atoms with van der Waals surface area (Å²) in [5.41, 5.74) is 4.28. The van der Waals surface area contributed by atoms with E-state index in [0.29, 0.717) is 11.7 Å². The third-order valence-electron chi connectivity index (χ3n) is 5.31. The van der Waals surface area contributed by atoms with E-state index in [1.807, 2.05) is 65.9 Å². The predicted octanol–water partition coefficient (Wildman–Crippen LogP) is 5.29. The van der Waals surface area contributed by atoms with Crippen LogP contribution in [0.3, 0.4) is 0 Å². The normalized spacial score (nSPS) is 13.0. The van der Waals surface area contributed by atoms with E-state index in [4.69, 9.17) is 4.42 Å². The Balaban J connectivity index is 1.14. The maximum atomic E-state index is 12.3. The van der Waals surface area contributed by atoms with Gasteiger partial charge in [-0.2, -0.15) is 0 Å². The minimum absolute atomic E-state index is 0.216. The van der Waals surface area contributed by atoms with E-state index in [0.717, 1.165) is 36.4 Å². The number of aromatic nitrogens is 1. The Labute approximate surface area is 184 Å². The first-order valence-corrected chi connectivity index (χ1v) is 11.1. The maximum absolute atomic E-state index is 12.3. The zero-order valence-electron chi connectivity index (χ0n) is 16.9. The van der Waals surface area contributed by atoms with Gasteiger partial charge in [-0.3, -0.25) is 0 Å². The number of thiophene rings is 1. The summed E-state index contributed by atoms with van der Waals surface area (Å²) in [5.74, 6) is 1.14. The lowest BCUT2D eigenvalue weighted by Crippen LogP contribution is -2.29. The number of fused-ring (bicyclic) bond motifs is 1. The summed E-state index contributed by atoms with van der Waals surface area (Å²) in [5, 5.41) is 7.81. The molecule has 0 bridgehead atoms. The van der Waals surface area contributed by atoms with Crippen molar-refractivity contribution >= 4 is 28.7 Å².